The van der Waals surface area contributed by atoms with Crippen molar-refractivity contribution in [2.75, 3.05) is 12.4 Å². The number of allylic oxidation sites excluding steroid dienone is 2. The molecule has 0 aromatic heterocycles. The summed E-state index contributed by atoms with van der Waals surface area (Å²) in [5, 5.41) is 3.12. The average molecular weight is 649 g/mol. The molecule has 0 amide bonds. The maximum atomic E-state index is 14.3. The monoisotopic (exact) mass is 647 g/mol. The fourth-order valence-electron chi connectivity index (χ4n) is 6.56. The zero-order valence-electron chi connectivity index (χ0n) is 26.4. The molecule has 2 nitrogen and oxygen atoms in total. The molecule has 5 heteroatoms. The number of halogens is 2. The number of benzene rings is 3. The minimum Gasteiger partial charge on any atom is -0.532 e. The van der Waals surface area contributed by atoms with Gasteiger partial charge in [-0.05, 0) is 57.4 Å². The number of hydrogen-bond donors (Lipinski definition) is 0. The summed E-state index contributed by atoms with van der Waals surface area (Å²) in [6.45, 7) is 13.7. The molecular weight excluding hydrogens is 601 g/mol. The van der Waals surface area contributed by atoms with E-state index in [9.17, 15) is 4.39 Å². The van der Waals surface area contributed by atoms with E-state index in [1.54, 1.807) is 12.1 Å². The van der Waals surface area contributed by atoms with E-state index in [4.69, 9.17) is 4.43 Å². The largest absolute Gasteiger partial charge is 0.532 e. The highest BCUT2D eigenvalue weighted by Crippen LogP contribution is 2.47. The molecule has 1 aliphatic rings. The van der Waals surface area contributed by atoms with Gasteiger partial charge < -0.3 is 9.33 Å². The number of nitrogens with zero attached hydrogens (tertiary/aromatic N) is 1. The molecule has 0 bridgehead atoms. The molecule has 0 N–H and O–H groups in total. The summed E-state index contributed by atoms with van der Waals surface area (Å²) in [6, 6.07) is 28.9. The smallest absolute Gasteiger partial charge is 0.320 e. The van der Waals surface area contributed by atoms with E-state index >= 15 is 0 Å². The van der Waals surface area contributed by atoms with Gasteiger partial charge in [-0.1, -0.05) is 143 Å². The van der Waals surface area contributed by atoms with E-state index < -0.39 is 8.32 Å². The van der Waals surface area contributed by atoms with Crippen LogP contribution in [0.3, 0.4) is 0 Å². The van der Waals surface area contributed by atoms with E-state index in [-0.39, 0.29) is 22.8 Å². The van der Waals surface area contributed by atoms with Crippen molar-refractivity contribution in [3.05, 3.63) is 113 Å². The Morgan fingerprint density at radius 3 is 1.88 bits per heavy atom. The molecule has 0 radical (unpaired) electrons. The van der Waals surface area contributed by atoms with Gasteiger partial charge in [0.1, 0.15) is 11.6 Å². The van der Waals surface area contributed by atoms with Crippen molar-refractivity contribution >= 4 is 40.2 Å². The lowest BCUT2D eigenvalue weighted by molar-refractivity contribution is 0.282. The van der Waals surface area contributed by atoms with Gasteiger partial charge in [-0.3, -0.25) is 0 Å². The van der Waals surface area contributed by atoms with Gasteiger partial charge in [-0.25, -0.2) is 4.39 Å². The van der Waals surface area contributed by atoms with Gasteiger partial charge in [0, 0.05) is 18.0 Å². The Bertz CT molecular complexity index is 1340. The molecule has 1 unspecified atom stereocenters. The van der Waals surface area contributed by atoms with Crippen molar-refractivity contribution in [1.29, 1.82) is 0 Å². The fourth-order valence-corrected chi connectivity index (χ4v) is 11.8. The zero-order valence-corrected chi connectivity index (χ0v) is 29.0. The van der Waals surface area contributed by atoms with Crippen molar-refractivity contribution in [3.8, 4) is 0 Å². The molecule has 0 fully saturated rings. The van der Waals surface area contributed by atoms with Gasteiger partial charge in [0.2, 0.25) is 0 Å². The second kappa shape index (κ2) is 13.8. The highest BCUT2D eigenvalue weighted by molar-refractivity contribution is 9.09. The molecule has 1 atom stereocenters. The van der Waals surface area contributed by atoms with Crippen LogP contribution in [0, 0.1) is 11.7 Å². The number of hydrogen-bond acceptors (Lipinski definition) is 2. The molecule has 0 aliphatic carbocycles. The molecule has 42 heavy (non-hydrogen) atoms. The van der Waals surface area contributed by atoms with Gasteiger partial charge >= 0.3 is 8.32 Å². The summed E-state index contributed by atoms with van der Waals surface area (Å²) in [4.78, 5) is 2.45. The van der Waals surface area contributed by atoms with Crippen LogP contribution in [0.25, 0.3) is 5.57 Å². The van der Waals surface area contributed by atoms with Gasteiger partial charge in [-0.15, -0.1) is 0 Å². The SMILES string of the molecule is CCCCCC1=C(c2ccc(F)cc2)C(O[Si](c2ccccc2)(c2ccccc2)C(C)(C)C)=C(C(C)C)N(C)C1CBr. The quantitative estimate of drug-likeness (QED) is 0.117. The van der Waals surface area contributed by atoms with Crippen molar-refractivity contribution in [2.24, 2.45) is 5.92 Å². The lowest BCUT2D eigenvalue weighted by Crippen LogP contribution is -2.66. The van der Waals surface area contributed by atoms with E-state index in [0.717, 1.165) is 41.5 Å². The lowest BCUT2D eigenvalue weighted by atomic mass is 9.84. The maximum Gasteiger partial charge on any atom is 0.320 e. The molecule has 3 aromatic rings. The molecule has 224 valence electrons. The Labute approximate surface area is 263 Å². The van der Waals surface area contributed by atoms with Gasteiger partial charge in [-0.2, -0.15) is 0 Å². The Hall–Kier alpha value is -2.63. The molecule has 4 rings (SSSR count). The molecule has 1 heterocycles. The van der Waals surface area contributed by atoms with Crippen molar-refractivity contribution in [1.82, 2.24) is 4.90 Å². The minimum atomic E-state index is -2.94. The van der Waals surface area contributed by atoms with Crippen LogP contribution in [0.1, 0.15) is 72.8 Å². The zero-order chi connectivity index (χ0) is 30.5. The van der Waals surface area contributed by atoms with Crippen LogP contribution in [0.5, 0.6) is 0 Å². The molecule has 3 aromatic carbocycles. The lowest BCUT2D eigenvalue weighted by Gasteiger charge is -2.48. The van der Waals surface area contributed by atoms with Crippen LogP contribution in [0.4, 0.5) is 4.39 Å². The van der Waals surface area contributed by atoms with Gasteiger partial charge in [0.15, 0.2) is 0 Å². The van der Waals surface area contributed by atoms with Crippen molar-refractivity contribution in [2.45, 2.75) is 78.3 Å². The van der Waals surface area contributed by atoms with Crippen LogP contribution in [-0.4, -0.2) is 31.6 Å². The first-order valence-electron chi connectivity index (χ1n) is 15.4. The summed E-state index contributed by atoms with van der Waals surface area (Å²) in [7, 11) is -0.725. The topological polar surface area (TPSA) is 12.5 Å². The van der Waals surface area contributed by atoms with E-state index in [2.05, 4.69) is 130 Å². The Kier molecular flexibility index (Phi) is 10.6. The van der Waals surface area contributed by atoms with Crippen LogP contribution >= 0.6 is 15.9 Å². The van der Waals surface area contributed by atoms with Crippen molar-refractivity contribution in [3.63, 3.8) is 0 Å². The highest BCUT2D eigenvalue weighted by Gasteiger charge is 2.53. The van der Waals surface area contributed by atoms with Gasteiger partial charge in [0.05, 0.1) is 11.7 Å². The molecule has 0 saturated carbocycles. The second-order valence-electron chi connectivity index (χ2n) is 12.8. The first-order valence-corrected chi connectivity index (χ1v) is 18.4. The third-order valence-electron chi connectivity index (χ3n) is 8.58. The normalized spacial score (nSPS) is 16.4. The predicted molar refractivity (Wildman–Crippen MR) is 183 cm³/mol. The third kappa shape index (κ3) is 6.33. The second-order valence-corrected chi connectivity index (χ2v) is 17.6. The highest BCUT2D eigenvalue weighted by atomic mass is 79.9. The van der Waals surface area contributed by atoms with E-state index in [1.165, 1.54) is 28.1 Å². The summed E-state index contributed by atoms with van der Waals surface area (Å²) in [5.74, 6) is 0.953. The summed E-state index contributed by atoms with van der Waals surface area (Å²) in [6.07, 6.45) is 4.41. The first kappa shape index (κ1) is 32.3. The van der Waals surface area contributed by atoms with E-state index in [0.29, 0.717) is 0 Å². The molecule has 1 aliphatic heterocycles. The predicted octanol–water partition coefficient (Wildman–Crippen LogP) is 9.31. The average Bonchev–Trinajstić information content (AvgIpc) is 2.97. The Morgan fingerprint density at radius 2 is 1.43 bits per heavy atom. The summed E-state index contributed by atoms with van der Waals surface area (Å²) >= 11 is 3.89. The maximum absolute atomic E-state index is 14.3. The number of rotatable bonds is 11. The summed E-state index contributed by atoms with van der Waals surface area (Å²) in [5.41, 5.74) is 4.73. The van der Waals surface area contributed by atoms with Crippen molar-refractivity contribution < 1.29 is 8.82 Å². The molecular formula is C37H47BrFNOSi. The standard InChI is InChI=1S/C37H47BrFNOSi/c1-8-9-12-21-32-33(26-38)40(7)35(27(2)3)36(34(32)28-22-24-29(39)25-23-28)41-42(37(4,5)6,30-17-13-10-14-18-30)31-19-15-11-16-20-31/h10-11,13-20,22-25,27,33H,8-9,12,21,26H2,1-7H3. The number of alkyl halides is 1. The van der Waals surface area contributed by atoms with Crippen LogP contribution < -0.4 is 10.4 Å². The summed E-state index contributed by atoms with van der Waals surface area (Å²) < 4.78 is 22.2. The first-order chi connectivity index (χ1) is 20.1. The van der Waals surface area contributed by atoms with Crippen LogP contribution in [0.15, 0.2) is 102 Å². The Balaban J connectivity index is 2.11. The minimum absolute atomic E-state index is 0.186. The molecule has 0 saturated heterocycles. The van der Waals surface area contributed by atoms with Gasteiger partial charge in [0.25, 0.3) is 0 Å². The number of unbranched alkanes of at least 4 members (excludes halogenated alkanes) is 2. The third-order valence-corrected chi connectivity index (χ3v) is 14.1. The van der Waals surface area contributed by atoms with Crippen LogP contribution in [-0.2, 0) is 4.43 Å². The van der Waals surface area contributed by atoms with E-state index in [1.807, 2.05) is 12.1 Å². The fraction of sp³-hybridized carbons (Fsp3) is 0.405. The molecule has 0 spiro atoms. The number of likely N-dealkylation sites (N-methyl/N-ethyl adjacent to an activating group) is 1. The Morgan fingerprint density at radius 1 is 0.881 bits per heavy atom. The van der Waals surface area contributed by atoms with Crippen LogP contribution in [0.2, 0.25) is 5.04 Å².